The Bertz CT molecular complexity index is 412. The van der Waals surface area contributed by atoms with Crippen LogP contribution < -0.4 is 11.1 Å². The van der Waals surface area contributed by atoms with Crippen LogP contribution in [-0.2, 0) is 11.3 Å². The van der Waals surface area contributed by atoms with Crippen molar-refractivity contribution in [1.29, 1.82) is 0 Å². The molecule has 3 N–H and O–H groups in total. The normalized spacial score (nSPS) is 11.6. The van der Waals surface area contributed by atoms with Gasteiger partial charge in [0.25, 0.3) is 0 Å². The highest BCUT2D eigenvalue weighted by atomic mass is 35.5. The minimum Gasteiger partial charge on any atom is -0.351 e. The molecular formula is C14H23ClN2OS. The van der Waals surface area contributed by atoms with Gasteiger partial charge in [0.2, 0.25) is 5.91 Å². The summed E-state index contributed by atoms with van der Waals surface area (Å²) < 4.78 is 0. The Kier molecular flexibility index (Phi) is 8.89. The highest BCUT2D eigenvalue weighted by molar-refractivity contribution is 7.98. The van der Waals surface area contributed by atoms with Crippen molar-refractivity contribution in [3.63, 3.8) is 0 Å². The van der Waals surface area contributed by atoms with E-state index in [1.54, 1.807) is 11.8 Å². The second kappa shape index (κ2) is 9.23. The van der Waals surface area contributed by atoms with Crippen LogP contribution in [-0.4, -0.2) is 18.2 Å². The minimum absolute atomic E-state index is 0. The predicted octanol–water partition coefficient (Wildman–Crippen LogP) is 2.88. The Labute approximate surface area is 126 Å². The topological polar surface area (TPSA) is 55.1 Å². The molecule has 0 aromatic heterocycles. The van der Waals surface area contributed by atoms with Crippen LogP contribution >= 0.6 is 24.2 Å². The van der Waals surface area contributed by atoms with Crippen molar-refractivity contribution in [2.75, 3.05) is 6.26 Å². The first kappa shape index (κ1) is 18.3. The van der Waals surface area contributed by atoms with Crippen LogP contribution in [0.15, 0.2) is 23.1 Å². The SMILES string of the molecule is CCCC(N)C(=O)NCc1ccc(C)cc1SC.Cl. The average molecular weight is 303 g/mol. The smallest absolute Gasteiger partial charge is 0.237 e. The number of thioether (sulfide) groups is 1. The lowest BCUT2D eigenvalue weighted by Crippen LogP contribution is -2.40. The number of nitrogens with two attached hydrogens (primary N) is 1. The number of hydrogen-bond acceptors (Lipinski definition) is 3. The van der Waals surface area contributed by atoms with Crippen molar-refractivity contribution in [3.8, 4) is 0 Å². The van der Waals surface area contributed by atoms with Crippen molar-refractivity contribution in [2.24, 2.45) is 5.73 Å². The third-order valence-electron chi connectivity index (χ3n) is 2.83. The number of nitrogens with one attached hydrogen (secondary N) is 1. The minimum atomic E-state index is -0.391. The zero-order chi connectivity index (χ0) is 13.5. The molecule has 0 bridgehead atoms. The van der Waals surface area contributed by atoms with Gasteiger partial charge < -0.3 is 11.1 Å². The molecule has 1 rings (SSSR count). The zero-order valence-corrected chi connectivity index (χ0v) is 13.4. The maximum atomic E-state index is 11.7. The molecule has 19 heavy (non-hydrogen) atoms. The third-order valence-corrected chi connectivity index (χ3v) is 3.65. The van der Waals surface area contributed by atoms with Gasteiger partial charge in [0, 0.05) is 11.4 Å². The van der Waals surface area contributed by atoms with Gasteiger partial charge in [0.1, 0.15) is 0 Å². The van der Waals surface area contributed by atoms with E-state index in [2.05, 4.69) is 30.4 Å². The number of rotatable bonds is 6. The second-order valence-electron chi connectivity index (χ2n) is 4.43. The number of hydrogen-bond donors (Lipinski definition) is 2. The summed E-state index contributed by atoms with van der Waals surface area (Å²) in [5.41, 5.74) is 8.15. The van der Waals surface area contributed by atoms with Gasteiger partial charge in [-0.1, -0.05) is 25.5 Å². The molecule has 1 aromatic carbocycles. The lowest BCUT2D eigenvalue weighted by molar-refractivity contribution is -0.122. The van der Waals surface area contributed by atoms with E-state index in [1.807, 2.05) is 13.2 Å². The summed E-state index contributed by atoms with van der Waals surface area (Å²) in [5.74, 6) is -0.0653. The molecule has 1 atom stereocenters. The summed E-state index contributed by atoms with van der Waals surface area (Å²) in [5, 5.41) is 2.90. The number of benzene rings is 1. The Balaban J connectivity index is 0.00000324. The van der Waals surface area contributed by atoms with Crippen LogP contribution in [0.1, 0.15) is 30.9 Å². The van der Waals surface area contributed by atoms with Crippen molar-refractivity contribution >= 4 is 30.1 Å². The Morgan fingerprint density at radius 2 is 2.16 bits per heavy atom. The number of aryl methyl sites for hydroxylation is 1. The maximum absolute atomic E-state index is 11.7. The van der Waals surface area contributed by atoms with Crippen LogP contribution in [0.5, 0.6) is 0 Å². The molecule has 0 radical (unpaired) electrons. The molecule has 108 valence electrons. The maximum Gasteiger partial charge on any atom is 0.237 e. The van der Waals surface area contributed by atoms with Crippen molar-refractivity contribution in [2.45, 2.75) is 44.2 Å². The van der Waals surface area contributed by atoms with Crippen molar-refractivity contribution in [1.82, 2.24) is 5.32 Å². The standard InChI is InChI=1S/C14H22N2OS.ClH/c1-4-5-12(15)14(17)16-9-11-7-6-10(2)8-13(11)18-3;/h6-8,12H,4-5,9,15H2,1-3H3,(H,16,17);1H. The van der Waals surface area contributed by atoms with E-state index >= 15 is 0 Å². The van der Waals surface area contributed by atoms with E-state index in [-0.39, 0.29) is 18.3 Å². The summed E-state index contributed by atoms with van der Waals surface area (Å²) >= 11 is 1.70. The molecule has 0 spiro atoms. The molecular weight excluding hydrogens is 280 g/mol. The Hall–Kier alpha value is -0.710. The molecule has 1 unspecified atom stereocenters. The molecule has 1 aromatic rings. The average Bonchev–Trinajstić information content (AvgIpc) is 2.37. The van der Waals surface area contributed by atoms with Crippen LogP contribution in [0.25, 0.3) is 0 Å². The Morgan fingerprint density at radius 1 is 1.47 bits per heavy atom. The summed E-state index contributed by atoms with van der Waals surface area (Å²) in [6.45, 7) is 4.64. The van der Waals surface area contributed by atoms with E-state index in [1.165, 1.54) is 10.5 Å². The summed E-state index contributed by atoms with van der Waals surface area (Å²) in [6.07, 6.45) is 3.70. The van der Waals surface area contributed by atoms with Gasteiger partial charge in [-0.2, -0.15) is 0 Å². The van der Waals surface area contributed by atoms with E-state index in [4.69, 9.17) is 5.73 Å². The molecule has 5 heteroatoms. The van der Waals surface area contributed by atoms with Gasteiger partial charge in [-0.15, -0.1) is 24.2 Å². The monoisotopic (exact) mass is 302 g/mol. The fourth-order valence-electron chi connectivity index (χ4n) is 1.75. The lowest BCUT2D eigenvalue weighted by atomic mass is 10.1. The Morgan fingerprint density at radius 3 is 2.74 bits per heavy atom. The van der Waals surface area contributed by atoms with Gasteiger partial charge >= 0.3 is 0 Å². The fourth-order valence-corrected chi connectivity index (χ4v) is 2.46. The molecule has 1 amide bonds. The number of carbonyl (C=O) groups is 1. The van der Waals surface area contributed by atoms with E-state index in [0.29, 0.717) is 6.54 Å². The molecule has 0 aliphatic heterocycles. The van der Waals surface area contributed by atoms with Crippen LogP contribution in [0.4, 0.5) is 0 Å². The molecule has 0 fully saturated rings. The molecule has 0 aliphatic carbocycles. The first-order valence-corrected chi connectivity index (χ1v) is 7.47. The van der Waals surface area contributed by atoms with Gasteiger partial charge in [-0.3, -0.25) is 4.79 Å². The van der Waals surface area contributed by atoms with Crippen molar-refractivity contribution in [3.05, 3.63) is 29.3 Å². The lowest BCUT2D eigenvalue weighted by Gasteiger charge is -2.13. The predicted molar refractivity (Wildman–Crippen MR) is 84.9 cm³/mol. The quantitative estimate of drug-likeness (QED) is 0.795. The largest absolute Gasteiger partial charge is 0.351 e. The molecule has 0 aliphatic rings. The molecule has 0 saturated carbocycles. The van der Waals surface area contributed by atoms with E-state index in [9.17, 15) is 4.79 Å². The summed E-state index contributed by atoms with van der Waals surface area (Å²) in [6, 6.07) is 5.87. The number of carbonyl (C=O) groups excluding carboxylic acids is 1. The van der Waals surface area contributed by atoms with Gasteiger partial charge in [0.05, 0.1) is 6.04 Å². The van der Waals surface area contributed by atoms with Gasteiger partial charge in [-0.05, 0) is 36.8 Å². The highest BCUT2D eigenvalue weighted by Gasteiger charge is 2.12. The van der Waals surface area contributed by atoms with Crippen LogP contribution in [0.2, 0.25) is 0 Å². The molecule has 3 nitrogen and oxygen atoms in total. The summed E-state index contributed by atoms with van der Waals surface area (Å²) in [7, 11) is 0. The summed E-state index contributed by atoms with van der Waals surface area (Å²) in [4.78, 5) is 12.9. The van der Waals surface area contributed by atoms with Crippen molar-refractivity contribution < 1.29 is 4.79 Å². The number of halogens is 1. The zero-order valence-electron chi connectivity index (χ0n) is 11.7. The number of amides is 1. The first-order valence-electron chi connectivity index (χ1n) is 6.25. The third kappa shape index (κ3) is 5.85. The van der Waals surface area contributed by atoms with Gasteiger partial charge in [-0.25, -0.2) is 0 Å². The molecule has 0 saturated heterocycles. The fraction of sp³-hybridized carbons (Fsp3) is 0.500. The molecule has 0 heterocycles. The highest BCUT2D eigenvalue weighted by Crippen LogP contribution is 2.21. The van der Waals surface area contributed by atoms with E-state index < -0.39 is 6.04 Å². The van der Waals surface area contributed by atoms with Crippen LogP contribution in [0, 0.1) is 6.92 Å². The van der Waals surface area contributed by atoms with Crippen LogP contribution in [0.3, 0.4) is 0 Å². The second-order valence-corrected chi connectivity index (χ2v) is 5.28. The van der Waals surface area contributed by atoms with E-state index in [0.717, 1.165) is 18.4 Å². The van der Waals surface area contributed by atoms with Gasteiger partial charge in [0.15, 0.2) is 0 Å². The first-order chi connectivity index (χ1) is 8.58.